The zero-order valence-corrected chi connectivity index (χ0v) is 18.6. The van der Waals surface area contributed by atoms with E-state index in [-0.39, 0.29) is 11.4 Å². The number of carboxylic acids is 2. The molecule has 6 N–H and O–H groups in total. The lowest BCUT2D eigenvalue weighted by Crippen LogP contribution is -2.23. The zero-order valence-electron chi connectivity index (χ0n) is 17.1. The lowest BCUT2D eigenvalue weighted by Gasteiger charge is -2.05. The van der Waals surface area contributed by atoms with E-state index in [9.17, 15) is 9.59 Å². The largest absolute Gasteiger partial charge is 0.477 e. The molecule has 172 valence electrons. The van der Waals surface area contributed by atoms with Crippen LogP contribution in [0.1, 0.15) is 21.0 Å². The highest BCUT2D eigenvalue weighted by molar-refractivity contribution is 6.39. The monoisotopic (exact) mass is 490 g/mol. The quantitative estimate of drug-likeness (QED) is 0.346. The molecular weight excluding hydrogens is 471 g/mol. The predicted octanol–water partition coefficient (Wildman–Crippen LogP) is 3.32. The van der Waals surface area contributed by atoms with Gasteiger partial charge in [-0.2, -0.15) is 0 Å². The van der Waals surface area contributed by atoms with E-state index in [4.69, 9.17) is 39.1 Å². The summed E-state index contributed by atoms with van der Waals surface area (Å²) in [5.74, 6) is -1.30. The van der Waals surface area contributed by atoms with Crippen molar-refractivity contribution >= 4 is 52.5 Å². The van der Waals surface area contributed by atoms with Crippen LogP contribution in [0.4, 0.5) is 11.4 Å². The van der Waals surface area contributed by atoms with Crippen molar-refractivity contribution in [2.75, 3.05) is 18.8 Å². The number of anilines is 1. The molecule has 0 bridgehead atoms. The SMILES string of the molecule is Nc1cc(Cl)c(N=C2NCCN2)c(Cl)c1.O=C(O)c1ccccn1.O=C(O)c1ccccn1. The van der Waals surface area contributed by atoms with E-state index in [1.54, 1.807) is 36.4 Å². The maximum Gasteiger partial charge on any atom is 0.354 e. The molecule has 4 rings (SSSR count). The van der Waals surface area contributed by atoms with Gasteiger partial charge in [0.2, 0.25) is 0 Å². The highest BCUT2D eigenvalue weighted by Gasteiger charge is 2.10. The number of carbonyl (C=O) groups is 2. The summed E-state index contributed by atoms with van der Waals surface area (Å²) in [5, 5.41) is 23.7. The normalized spacial score (nSPS) is 11.5. The predicted molar refractivity (Wildman–Crippen MR) is 126 cm³/mol. The fourth-order valence-corrected chi connectivity index (χ4v) is 2.87. The Hall–Kier alpha value is -3.89. The summed E-state index contributed by atoms with van der Waals surface area (Å²) >= 11 is 12.0. The van der Waals surface area contributed by atoms with Gasteiger partial charge in [-0.25, -0.2) is 24.5 Å². The number of hydrogen-bond acceptors (Lipinski definition) is 6. The van der Waals surface area contributed by atoms with Crippen molar-refractivity contribution in [2.45, 2.75) is 0 Å². The van der Waals surface area contributed by atoms with E-state index in [0.717, 1.165) is 13.1 Å². The summed E-state index contributed by atoms with van der Waals surface area (Å²) in [6.45, 7) is 1.70. The molecule has 1 aliphatic heterocycles. The van der Waals surface area contributed by atoms with Crippen LogP contribution in [0.25, 0.3) is 0 Å². The Balaban J connectivity index is 0.000000186. The molecule has 1 saturated heterocycles. The standard InChI is InChI=1S/C9H10Cl2N4.2C6H5NO2/c10-6-3-5(12)4-7(11)8(6)15-9-13-1-2-14-9;2*8-6(9)5-3-1-2-4-7-5/h3-4H,1-2,12H2,(H2,13,14,15);2*1-4H,(H,8,9). The van der Waals surface area contributed by atoms with E-state index in [2.05, 4.69) is 25.6 Å². The molecule has 0 atom stereocenters. The Morgan fingerprint density at radius 3 is 1.67 bits per heavy atom. The van der Waals surface area contributed by atoms with Crippen molar-refractivity contribution in [2.24, 2.45) is 4.99 Å². The molecule has 0 amide bonds. The summed E-state index contributed by atoms with van der Waals surface area (Å²) < 4.78 is 0. The highest BCUT2D eigenvalue weighted by atomic mass is 35.5. The molecule has 0 spiro atoms. The van der Waals surface area contributed by atoms with Gasteiger partial charge in [0, 0.05) is 31.2 Å². The summed E-state index contributed by atoms with van der Waals surface area (Å²) in [7, 11) is 0. The summed E-state index contributed by atoms with van der Waals surface area (Å²) in [4.78, 5) is 31.7. The van der Waals surface area contributed by atoms with Crippen LogP contribution in [-0.2, 0) is 0 Å². The van der Waals surface area contributed by atoms with Crippen LogP contribution in [0, 0.1) is 0 Å². The number of nitrogens with zero attached hydrogens (tertiary/aromatic N) is 3. The third-order valence-corrected chi connectivity index (χ3v) is 4.32. The Labute approximate surface area is 199 Å². The molecule has 3 aromatic rings. The minimum absolute atomic E-state index is 0.0810. The molecule has 33 heavy (non-hydrogen) atoms. The Morgan fingerprint density at radius 2 is 1.33 bits per heavy atom. The van der Waals surface area contributed by atoms with Gasteiger partial charge >= 0.3 is 11.9 Å². The second kappa shape index (κ2) is 12.8. The lowest BCUT2D eigenvalue weighted by molar-refractivity contribution is 0.0680. The fourth-order valence-electron chi connectivity index (χ4n) is 2.29. The minimum Gasteiger partial charge on any atom is -0.477 e. The number of guanidine groups is 1. The fraction of sp³-hybridized carbons (Fsp3) is 0.0952. The number of nitrogens with one attached hydrogen (secondary N) is 2. The van der Waals surface area contributed by atoms with Gasteiger partial charge in [0.05, 0.1) is 10.0 Å². The van der Waals surface area contributed by atoms with Crippen LogP contribution >= 0.6 is 23.2 Å². The Kier molecular flexibility index (Phi) is 9.87. The number of pyridine rings is 2. The average Bonchev–Trinajstić information content (AvgIpc) is 3.32. The van der Waals surface area contributed by atoms with E-state index in [1.807, 2.05) is 0 Å². The number of halogens is 2. The van der Waals surface area contributed by atoms with Crippen molar-refractivity contribution in [3.05, 3.63) is 82.4 Å². The van der Waals surface area contributed by atoms with E-state index >= 15 is 0 Å². The molecule has 0 unspecified atom stereocenters. The molecule has 1 aromatic carbocycles. The third kappa shape index (κ3) is 8.63. The summed E-state index contributed by atoms with van der Waals surface area (Å²) in [5.41, 5.74) is 6.81. The zero-order chi connectivity index (χ0) is 24.2. The van der Waals surface area contributed by atoms with Crippen LogP contribution in [-0.4, -0.2) is 51.2 Å². The first-order valence-electron chi connectivity index (χ1n) is 9.37. The summed E-state index contributed by atoms with van der Waals surface area (Å²) in [6.07, 6.45) is 2.90. The van der Waals surface area contributed by atoms with Crippen molar-refractivity contribution in [3.63, 3.8) is 0 Å². The van der Waals surface area contributed by atoms with E-state index in [1.165, 1.54) is 24.5 Å². The van der Waals surface area contributed by atoms with E-state index in [0.29, 0.717) is 27.4 Å². The molecule has 10 nitrogen and oxygen atoms in total. The molecule has 0 saturated carbocycles. The number of aromatic carboxylic acids is 2. The first kappa shape index (κ1) is 25.4. The molecular formula is C21H20Cl2N6O4. The van der Waals surface area contributed by atoms with Gasteiger partial charge in [-0.3, -0.25) is 0 Å². The van der Waals surface area contributed by atoms with Gasteiger partial charge in [-0.05, 0) is 36.4 Å². The molecule has 3 heterocycles. The van der Waals surface area contributed by atoms with Crippen molar-refractivity contribution in [3.8, 4) is 0 Å². The number of aliphatic imine (C=N–C) groups is 1. The summed E-state index contributed by atoms with van der Waals surface area (Å²) in [6, 6.07) is 12.8. The maximum absolute atomic E-state index is 10.1. The number of benzene rings is 1. The minimum atomic E-state index is -0.990. The van der Waals surface area contributed by atoms with Crippen LogP contribution < -0.4 is 16.4 Å². The second-order valence-corrected chi connectivity index (χ2v) is 7.00. The van der Waals surface area contributed by atoms with Crippen molar-refractivity contribution in [1.82, 2.24) is 20.6 Å². The van der Waals surface area contributed by atoms with Crippen molar-refractivity contribution < 1.29 is 19.8 Å². The van der Waals surface area contributed by atoms with Gasteiger partial charge in [-0.1, -0.05) is 35.3 Å². The van der Waals surface area contributed by atoms with Crippen LogP contribution in [0.2, 0.25) is 10.0 Å². The first-order chi connectivity index (χ1) is 15.8. The molecule has 0 aliphatic carbocycles. The van der Waals surface area contributed by atoms with Gasteiger partial charge < -0.3 is 26.6 Å². The smallest absolute Gasteiger partial charge is 0.354 e. The Morgan fingerprint density at radius 1 is 0.879 bits per heavy atom. The van der Waals surface area contributed by atoms with Gasteiger partial charge in [-0.15, -0.1) is 0 Å². The van der Waals surface area contributed by atoms with Crippen LogP contribution in [0.3, 0.4) is 0 Å². The number of nitrogen functional groups attached to an aromatic ring is 1. The molecule has 0 radical (unpaired) electrons. The number of aromatic nitrogens is 2. The topological polar surface area (TPSA) is 163 Å². The molecule has 1 aliphatic rings. The van der Waals surface area contributed by atoms with Crippen LogP contribution in [0.5, 0.6) is 0 Å². The average molecular weight is 491 g/mol. The second-order valence-electron chi connectivity index (χ2n) is 6.19. The maximum atomic E-state index is 10.1. The number of carboxylic acid groups (broad SMARTS) is 2. The molecule has 1 fully saturated rings. The van der Waals surface area contributed by atoms with Crippen molar-refractivity contribution in [1.29, 1.82) is 0 Å². The van der Waals surface area contributed by atoms with Gasteiger partial charge in [0.25, 0.3) is 0 Å². The number of rotatable bonds is 3. The molecule has 12 heteroatoms. The first-order valence-corrected chi connectivity index (χ1v) is 10.1. The Bertz CT molecular complexity index is 1030. The number of hydrogen-bond donors (Lipinski definition) is 5. The van der Waals surface area contributed by atoms with Gasteiger partial charge in [0.1, 0.15) is 17.1 Å². The molecule has 2 aromatic heterocycles. The van der Waals surface area contributed by atoms with Gasteiger partial charge in [0.15, 0.2) is 5.96 Å². The van der Waals surface area contributed by atoms with E-state index < -0.39 is 11.9 Å². The lowest BCUT2D eigenvalue weighted by atomic mass is 10.3. The highest BCUT2D eigenvalue weighted by Crippen LogP contribution is 2.35. The number of nitrogens with two attached hydrogens (primary N) is 1. The third-order valence-electron chi connectivity index (χ3n) is 3.74. The van der Waals surface area contributed by atoms with Crippen LogP contribution in [0.15, 0.2) is 65.9 Å².